The first-order chi connectivity index (χ1) is 9.60. The van der Waals surface area contributed by atoms with E-state index >= 15 is 0 Å². The Labute approximate surface area is 126 Å². The van der Waals surface area contributed by atoms with Crippen molar-refractivity contribution >= 4 is 21.9 Å². The number of nitrogens with zero attached hydrogens (tertiary/aromatic N) is 4. The molecule has 0 aliphatic carbocycles. The van der Waals surface area contributed by atoms with Crippen LogP contribution in [0.2, 0.25) is 0 Å². The number of anilines is 1. The number of nitrogens with one attached hydrogen (secondary N) is 1. The van der Waals surface area contributed by atoms with Gasteiger partial charge in [0.1, 0.15) is 0 Å². The number of halogens is 1. The Morgan fingerprint density at radius 2 is 2.20 bits per heavy atom. The van der Waals surface area contributed by atoms with Crippen LogP contribution >= 0.6 is 15.9 Å². The van der Waals surface area contributed by atoms with E-state index in [9.17, 15) is 0 Å². The van der Waals surface area contributed by atoms with Crippen LogP contribution < -0.4 is 10.1 Å². The van der Waals surface area contributed by atoms with Gasteiger partial charge in [-0.3, -0.25) is 4.68 Å². The Bertz CT molecular complexity index is 570. The minimum absolute atomic E-state index is 0.294. The zero-order chi connectivity index (χ0) is 14.5. The fourth-order valence-electron chi connectivity index (χ4n) is 1.51. The maximum absolute atomic E-state index is 5.74. The topological polar surface area (TPSA) is 64.9 Å². The van der Waals surface area contributed by atoms with Crippen molar-refractivity contribution in [3.63, 3.8) is 0 Å². The van der Waals surface area contributed by atoms with E-state index in [1.807, 2.05) is 10.9 Å². The van der Waals surface area contributed by atoms with Crippen LogP contribution in [-0.4, -0.2) is 26.3 Å². The summed E-state index contributed by atoms with van der Waals surface area (Å²) in [5.41, 5.74) is 0. The summed E-state index contributed by atoms with van der Waals surface area (Å²) in [4.78, 5) is 8.51. The maximum atomic E-state index is 5.74. The third-order valence-electron chi connectivity index (χ3n) is 2.57. The summed E-state index contributed by atoms with van der Waals surface area (Å²) in [6.45, 7) is 7.03. The van der Waals surface area contributed by atoms with Crippen molar-refractivity contribution in [1.82, 2.24) is 19.7 Å². The van der Waals surface area contributed by atoms with Crippen LogP contribution in [0.4, 0.5) is 5.95 Å². The molecule has 0 aromatic carbocycles. The van der Waals surface area contributed by atoms with Crippen molar-refractivity contribution in [1.29, 1.82) is 0 Å². The number of aromatic nitrogens is 4. The van der Waals surface area contributed by atoms with Gasteiger partial charge < -0.3 is 10.1 Å². The first-order valence-corrected chi connectivity index (χ1v) is 7.38. The number of hydrogen-bond acceptors (Lipinski definition) is 5. The van der Waals surface area contributed by atoms with Gasteiger partial charge in [0, 0.05) is 12.6 Å². The quantitative estimate of drug-likeness (QED) is 0.870. The highest BCUT2D eigenvalue weighted by Crippen LogP contribution is 2.28. The molecule has 0 aliphatic rings. The summed E-state index contributed by atoms with van der Waals surface area (Å²) < 4.78 is 8.28. The Kier molecular flexibility index (Phi) is 4.94. The van der Waals surface area contributed by atoms with Gasteiger partial charge in [-0.25, -0.2) is 4.98 Å². The molecule has 0 atom stereocenters. The maximum Gasteiger partial charge on any atom is 0.238 e. The van der Waals surface area contributed by atoms with Gasteiger partial charge in [0.25, 0.3) is 0 Å². The summed E-state index contributed by atoms with van der Waals surface area (Å²) in [5.74, 6) is 1.68. The number of rotatable bonds is 6. The van der Waals surface area contributed by atoms with E-state index in [0.29, 0.717) is 28.1 Å². The van der Waals surface area contributed by atoms with Crippen LogP contribution in [0, 0.1) is 0 Å². The van der Waals surface area contributed by atoms with Crippen LogP contribution in [0.3, 0.4) is 0 Å². The lowest BCUT2D eigenvalue weighted by molar-refractivity contribution is 0.455. The molecule has 0 unspecified atom stereocenters. The van der Waals surface area contributed by atoms with Gasteiger partial charge in [-0.15, -0.1) is 0 Å². The lowest BCUT2D eigenvalue weighted by Gasteiger charge is -2.07. The van der Waals surface area contributed by atoms with E-state index in [1.165, 1.54) is 0 Å². The minimum Gasteiger partial charge on any atom is -0.434 e. The first-order valence-electron chi connectivity index (χ1n) is 6.58. The van der Waals surface area contributed by atoms with Crippen LogP contribution in [0.5, 0.6) is 11.6 Å². The van der Waals surface area contributed by atoms with Crippen molar-refractivity contribution < 1.29 is 4.74 Å². The van der Waals surface area contributed by atoms with Crippen molar-refractivity contribution in [2.75, 3.05) is 11.9 Å². The van der Waals surface area contributed by atoms with Gasteiger partial charge in [-0.05, 0) is 36.2 Å². The van der Waals surface area contributed by atoms with E-state index < -0.39 is 0 Å². The highest BCUT2D eigenvalue weighted by atomic mass is 79.9. The standard InChI is InChI=1S/C13H18BrN5O/c1-4-5-15-13-16-7-11(14)12(18-13)20-10-6-17-19(8-10)9(2)3/h6-9H,4-5H2,1-3H3,(H,15,16,18). The van der Waals surface area contributed by atoms with E-state index in [2.05, 4.69) is 57.1 Å². The van der Waals surface area contributed by atoms with E-state index in [1.54, 1.807) is 12.4 Å². The zero-order valence-corrected chi connectivity index (χ0v) is 13.4. The lowest BCUT2D eigenvalue weighted by atomic mass is 10.4. The molecule has 2 heterocycles. The predicted octanol–water partition coefficient (Wildman–Crippen LogP) is 3.63. The van der Waals surface area contributed by atoms with Crippen LogP contribution in [-0.2, 0) is 0 Å². The Morgan fingerprint density at radius 3 is 2.85 bits per heavy atom. The largest absolute Gasteiger partial charge is 0.434 e. The van der Waals surface area contributed by atoms with E-state index in [0.717, 1.165) is 13.0 Å². The molecular formula is C13H18BrN5O. The highest BCUT2D eigenvalue weighted by molar-refractivity contribution is 9.10. The van der Waals surface area contributed by atoms with Crippen molar-refractivity contribution in [3.8, 4) is 11.6 Å². The molecule has 20 heavy (non-hydrogen) atoms. The lowest BCUT2D eigenvalue weighted by Crippen LogP contribution is -2.04. The summed E-state index contributed by atoms with van der Waals surface area (Å²) in [5, 5.41) is 7.36. The second-order valence-electron chi connectivity index (χ2n) is 4.63. The van der Waals surface area contributed by atoms with Gasteiger partial charge >= 0.3 is 0 Å². The normalized spacial score (nSPS) is 10.8. The fourth-order valence-corrected chi connectivity index (χ4v) is 1.78. The Hall–Kier alpha value is -1.63. The monoisotopic (exact) mass is 339 g/mol. The summed E-state index contributed by atoms with van der Waals surface area (Å²) in [6.07, 6.45) is 6.20. The van der Waals surface area contributed by atoms with Gasteiger partial charge in [-0.1, -0.05) is 6.92 Å². The minimum atomic E-state index is 0.294. The highest BCUT2D eigenvalue weighted by Gasteiger charge is 2.09. The summed E-state index contributed by atoms with van der Waals surface area (Å²) in [7, 11) is 0. The number of hydrogen-bond donors (Lipinski definition) is 1. The predicted molar refractivity (Wildman–Crippen MR) is 81.2 cm³/mol. The van der Waals surface area contributed by atoms with Crippen molar-refractivity contribution in [3.05, 3.63) is 23.1 Å². The van der Waals surface area contributed by atoms with Gasteiger partial charge in [0.05, 0.1) is 23.1 Å². The third-order valence-corrected chi connectivity index (χ3v) is 3.11. The van der Waals surface area contributed by atoms with Crippen molar-refractivity contribution in [2.45, 2.75) is 33.2 Å². The fraction of sp³-hybridized carbons (Fsp3) is 0.462. The van der Waals surface area contributed by atoms with Crippen LogP contribution in [0.1, 0.15) is 33.2 Å². The molecule has 2 rings (SSSR count). The van der Waals surface area contributed by atoms with Gasteiger partial charge in [0.15, 0.2) is 5.75 Å². The molecule has 0 amide bonds. The van der Waals surface area contributed by atoms with Crippen LogP contribution in [0.15, 0.2) is 23.1 Å². The summed E-state index contributed by atoms with van der Waals surface area (Å²) >= 11 is 3.39. The molecule has 0 spiro atoms. The molecule has 0 saturated heterocycles. The molecular weight excluding hydrogens is 322 g/mol. The zero-order valence-electron chi connectivity index (χ0n) is 11.8. The molecule has 108 valence electrons. The second-order valence-corrected chi connectivity index (χ2v) is 5.48. The average Bonchev–Trinajstić information content (AvgIpc) is 2.88. The molecule has 0 saturated carbocycles. The number of ether oxygens (including phenoxy) is 1. The third kappa shape index (κ3) is 3.69. The molecule has 0 bridgehead atoms. The van der Waals surface area contributed by atoms with E-state index in [-0.39, 0.29) is 0 Å². The van der Waals surface area contributed by atoms with Crippen molar-refractivity contribution in [2.24, 2.45) is 0 Å². The SMILES string of the molecule is CCCNc1ncc(Br)c(Oc2cnn(C(C)C)c2)n1. The summed E-state index contributed by atoms with van der Waals surface area (Å²) in [6, 6.07) is 0.294. The molecule has 0 aliphatic heterocycles. The molecule has 2 aromatic rings. The molecule has 6 nitrogen and oxygen atoms in total. The van der Waals surface area contributed by atoms with Crippen LogP contribution in [0.25, 0.3) is 0 Å². The Morgan fingerprint density at radius 1 is 1.40 bits per heavy atom. The average molecular weight is 340 g/mol. The molecule has 7 heteroatoms. The molecule has 1 N–H and O–H groups in total. The van der Waals surface area contributed by atoms with Gasteiger partial charge in [-0.2, -0.15) is 10.1 Å². The molecule has 0 radical (unpaired) electrons. The molecule has 0 fully saturated rings. The molecule has 2 aromatic heterocycles. The first kappa shape index (κ1) is 14.8. The van der Waals surface area contributed by atoms with Gasteiger partial charge in [0.2, 0.25) is 11.8 Å². The second kappa shape index (κ2) is 6.69. The smallest absolute Gasteiger partial charge is 0.238 e. The van der Waals surface area contributed by atoms with E-state index in [4.69, 9.17) is 4.74 Å². The Balaban J connectivity index is 2.14.